The molecule has 1 fully saturated rings. The number of alkyl halides is 1. The Morgan fingerprint density at radius 2 is 2.18 bits per heavy atom. The van der Waals surface area contributed by atoms with E-state index in [1.807, 2.05) is 28.8 Å². The van der Waals surface area contributed by atoms with Crippen LogP contribution >= 0.6 is 0 Å². The van der Waals surface area contributed by atoms with Crippen molar-refractivity contribution in [1.82, 2.24) is 24.7 Å². The minimum Gasteiger partial charge on any atom is -0.362 e. The Hall–Kier alpha value is -2.54. The fourth-order valence-electron chi connectivity index (χ4n) is 2.66. The van der Waals surface area contributed by atoms with Gasteiger partial charge in [0.1, 0.15) is 23.3 Å². The largest absolute Gasteiger partial charge is 0.362 e. The Labute approximate surface area is 126 Å². The van der Waals surface area contributed by atoms with Gasteiger partial charge in [0.15, 0.2) is 0 Å². The average Bonchev–Trinajstić information content (AvgIpc) is 3.14. The quantitative estimate of drug-likeness (QED) is 0.767. The fourth-order valence-corrected chi connectivity index (χ4v) is 2.66. The summed E-state index contributed by atoms with van der Waals surface area (Å²) in [6.45, 7) is 0.959. The standard InChI is InChI=1S/C15H15FN6/c16-10-5-17-6-11(10)20-14-9-18-7-12(21-14)13-8-19-15-3-1-2-4-22(13)15/h1-4,7-11,17H,5-6H2,(H,20,21)/t10-,11-/m1/s1. The Morgan fingerprint density at radius 1 is 1.23 bits per heavy atom. The monoisotopic (exact) mass is 298 g/mol. The summed E-state index contributed by atoms with van der Waals surface area (Å²) in [5.41, 5.74) is 2.40. The number of halogens is 1. The van der Waals surface area contributed by atoms with Crippen molar-refractivity contribution in [2.75, 3.05) is 18.4 Å². The van der Waals surface area contributed by atoms with Crippen LogP contribution in [0.4, 0.5) is 10.2 Å². The first-order chi connectivity index (χ1) is 10.8. The minimum absolute atomic E-state index is 0.272. The number of rotatable bonds is 3. The average molecular weight is 298 g/mol. The van der Waals surface area contributed by atoms with Gasteiger partial charge in [-0.3, -0.25) is 9.38 Å². The second-order valence-electron chi connectivity index (χ2n) is 5.29. The molecule has 4 heterocycles. The summed E-state index contributed by atoms with van der Waals surface area (Å²) in [6.07, 6.45) is 6.07. The molecule has 2 atom stereocenters. The zero-order valence-corrected chi connectivity index (χ0v) is 11.8. The predicted octanol–water partition coefficient (Wildman–Crippen LogP) is 1.51. The van der Waals surface area contributed by atoms with Gasteiger partial charge in [-0.05, 0) is 12.1 Å². The van der Waals surface area contributed by atoms with Crippen molar-refractivity contribution in [3.05, 3.63) is 43.0 Å². The van der Waals surface area contributed by atoms with Gasteiger partial charge in [-0.2, -0.15) is 0 Å². The van der Waals surface area contributed by atoms with Gasteiger partial charge in [0.2, 0.25) is 0 Å². The van der Waals surface area contributed by atoms with E-state index in [0.29, 0.717) is 24.6 Å². The number of aromatic nitrogens is 4. The van der Waals surface area contributed by atoms with Crippen LogP contribution in [0.2, 0.25) is 0 Å². The van der Waals surface area contributed by atoms with Crippen LogP contribution in [-0.2, 0) is 0 Å². The van der Waals surface area contributed by atoms with Crippen LogP contribution in [0.5, 0.6) is 0 Å². The summed E-state index contributed by atoms with van der Waals surface area (Å²) < 4.78 is 15.6. The van der Waals surface area contributed by atoms with Gasteiger partial charge in [-0.1, -0.05) is 6.07 Å². The lowest BCUT2D eigenvalue weighted by molar-refractivity contribution is 0.342. The predicted molar refractivity (Wildman–Crippen MR) is 81.4 cm³/mol. The van der Waals surface area contributed by atoms with E-state index in [9.17, 15) is 4.39 Å². The smallest absolute Gasteiger partial charge is 0.145 e. The number of hydrogen-bond donors (Lipinski definition) is 2. The first-order valence-corrected chi connectivity index (χ1v) is 7.17. The summed E-state index contributed by atoms with van der Waals surface area (Å²) >= 11 is 0. The molecule has 112 valence electrons. The van der Waals surface area contributed by atoms with Crippen LogP contribution in [0.25, 0.3) is 17.0 Å². The maximum Gasteiger partial charge on any atom is 0.145 e. The van der Waals surface area contributed by atoms with E-state index in [4.69, 9.17) is 0 Å². The molecule has 2 N–H and O–H groups in total. The number of nitrogens with one attached hydrogen (secondary N) is 2. The molecule has 0 saturated carbocycles. The second kappa shape index (κ2) is 5.34. The maximum atomic E-state index is 13.7. The molecule has 4 rings (SSSR count). The Bertz CT molecular complexity index is 801. The highest BCUT2D eigenvalue weighted by Gasteiger charge is 2.26. The van der Waals surface area contributed by atoms with Crippen LogP contribution in [0, 0.1) is 0 Å². The van der Waals surface area contributed by atoms with Crippen molar-refractivity contribution in [2.24, 2.45) is 0 Å². The van der Waals surface area contributed by atoms with E-state index >= 15 is 0 Å². The number of hydrogen-bond acceptors (Lipinski definition) is 5. The van der Waals surface area contributed by atoms with Gasteiger partial charge in [-0.15, -0.1) is 0 Å². The van der Waals surface area contributed by atoms with Crippen molar-refractivity contribution in [3.63, 3.8) is 0 Å². The Morgan fingerprint density at radius 3 is 3.05 bits per heavy atom. The molecule has 0 aromatic carbocycles. The van der Waals surface area contributed by atoms with Crippen molar-refractivity contribution >= 4 is 11.5 Å². The van der Waals surface area contributed by atoms with Gasteiger partial charge < -0.3 is 10.6 Å². The molecule has 7 heteroatoms. The molecule has 1 aliphatic rings. The summed E-state index contributed by atoms with van der Waals surface area (Å²) in [5, 5.41) is 6.11. The van der Waals surface area contributed by atoms with Crippen LogP contribution in [0.3, 0.4) is 0 Å². The van der Waals surface area contributed by atoms with Crippen LogP contribution in [-0.4, -0.2) is 44.7 Å². The molecule has 3 aromatic heterocycles. The van der Waals surface area contributed by atoms with E-state index in [1.165, 1.54) is 0 Å². The van der Waals surface area contributed by atoms with E-state index in [0.717, 1.165) is 11.3 Å². The summed E-state index contributed by atoms with van der Waals surface area (Å²) in [7, 11) is 0. The van der Waals surface area contributed by atoms with Crippen molar-refractivity contribution in [2.45, 2.75) is 12.2 Å². The lowest BCUT2D eigenvalue weighted by Gasteiger charge is -2.14. The minimum atomic E-state index is -0.916. The van der Waals surface area contributed by atoms with Crippen molar-refractivity contribution in [1.29, 1.82) is 0 Å². The zero-order valence-electron chi connectivity index (χ0n) is 11.8. The van der Waals surface area contributed by atoms with Gasteiger partial charge in [-0.25, -0.2) is 14.4 Å². The first-order valence-electron chi connectivity index (χ1n) is 7.17. The second-order valence-corrected chi connectivity index (χ2v) is 5.29. The van der Waals surface area contributed by atoms with E-state index in [1.54, 1.807) is 18.6 Å². The molecule has 0 bridgehead atoms. The van der Waals surface area contributed by atoms with Crippen LogP contribution in [0.15, 0.2) is 43.0 Å². The highest BCUT2D eigenvalue weighted by molar-refractivity contribution is 5.60. The first kappa shape index (κ1) is 13.1. The summed E-state index contributed by atoms with van der Waals surface area (Å²) in [4.78, 5) is 13.1. The Kier molecular flexibility index (Phi) is 3.19. The molecule has 0 unspecified atom stereocenters. The van der Waals surface area contributed by atoms with Crippen molar-refractivity contribution < 1.29 is 4.39 Å². The SMILES string of the molecule is F[C@@H]1CNC[C@H]1Nc1cncc(-c2cnc3ccccn23)n1. The molecule has 0 aliphatic carbocycles. The van der Waals surface area contributed by atoms with Gasteiger partial charge in [0.05, 0.1) is 30.3 Å². The number of nitrogens with zero attached hydrogens (tertiary/aromatic N) is 4. The molecule has 0 radical (unpaired) electrons. The molecule has 3 aromatic rings. The molecular formula is C15H15FN6. The van der Waals surface area contributed by atoms with Gasteiger partial charge >= 0.3 is 0 Å². The third-order valence-electron chi connectivity index (χ3n) is 3.79. The molecule has 1 aliphatic heterocycles. The lowest BCUT2D eigenvalue weighted by atomic mass is 10.2. The van der Waals surface area contributed by atoms with E-state index in [2.05, 4.69) is 25.6 Å². The highest BCUT2D eigenvalue weighted by Crippen LogP contribution is 2.20. The Balaban J connectivity index is 1.67. The van der Waals surface area contributed by atoms with Crippen molar-refractivity contribution in [3.8, 4) is 11.4 Å². The highest BCUT2D eigenvalue weighted by atomic mass is 19.1. The number of pyridine rings is 1. The number of anilines is 1. The number of imidazole rings is 1. The zero-order chi connectivity index (χ0) is 14.9. The summed E-state index contributed by atoms with van der Waals surface area (Å²) in [6, 6.07) is 5.53. The van der Waals surface area contributed by atoms with Gasteiger partial charge in [0.25, 0.3) is 0 Å². The topological polar surface area (TPSA) is 67.1 Å². The molecule has 0 spiro atoms. The molecule has 6 nitrogen and oxygen atoms in total. The molecule has 1 saturated heterocycles. The fraction of sp³-hybridized carbons (Fsp3) is 0.267. The van der Waals surface area contributed by atoms with Crippen LogP contribution < -0.4 is 10.6 Å². The third-order valence-corrected chi connectivity index (χ3v) is 3.79. The molecule has 0 amide bonds. The van der Waals surface area contributed by atoms with E-state index in [-0.39, 0.29) is 6.04 Å². The molecular weight excluding hydrogens is 283 g/mol. The normalized spacial score (nSPS) is 21.3. The summed E-state index contributed by atoms with van der Waals surface area (Å²) in [5.74, 6) is 0.569. The maximum absolute atomic E-state index is 13.7. The van der Waals surface area contributed by atoms with E-state index < -0.39 is 6.17 Å². The molecule has 22 heavy (non-hydrogen) atoms. The van der Waals surface area contributed by atoms with Gasteiger partial charge in [0, 0.05) is 19.3 Å². The third kappa shape index (κ3) is 2.29. The lowest BCUT2D eigenvalue weighted by Crippen LogP contribution is -2.29. The van der Waals surface area contributed by atoms with Crippen LogP contribution in [0.1, 0.15) is 0 Å². The number of fused-ring (bicyclic) bond motifs is 1.